The summed E-state index contributed by atoms with van der Waals surface area (Å²) in [6.07, 6.45) is 7.03. The van der Waals surface area contributed by atoms with Crippen LogP contribution in [0.1, 0.15) is 22.4 Å². The van der Waals surface area contributed by atoms with Gasteiger partial charge in [-0.3, -0.25) is 4.98 Å². The normalized spacial score (nSPS) is 13.1. The number of nitrogens with zero attached hydrogens (tertiary/aromatic N) is 3. The lowest BCUT2D eigenvalue weighted by atomic mass is 10.1. The first-order valence-electron chi connectivity index (χ1n) is 8.99. The van der Waals surface area contributed by atoms with Crippen LogP contribution in [0.25, 0.3) is 21.6 Å². The number of aromatic nitrogens is 3. The molecule has 27 heavy (non-hydrogen) atoms. The van der Waals surface area contributed by atoms with Gasteiger partial charge in [-0.05, 0) is 48.6 Å². The first-order valence-corrected chi connectivity index (χ1v) is 10.2. The third-order valence-electron chi connectivity index (χ3n) is 4.89. The largest absolute Gasteiger partial charge is 0.365 e. The van der Waals surface area contributed by atoms with E-state index in [9.17, 15) is 0 Å². The van der Waals surface area contributed by atoms with Crippen LogP contribution in [0.2, 0.25) is 5.02 Å². The number of nitrogens with one attached hydrogen (secondary N) is 1. The zero-order valence-electron chi connectivity index (χ0n) is 14.6. The van der Waals surface area contributed by atoms with Gasteiger partial charge in [-0.15, -0.1) is 11.3 Å². The summed E-state index contributed by atoms with van der Waals surface area (Å²) in [6.45, 7) is 0.628. The first kappa shape index (κ1) is 16.7. The molecule has 4 nitrogen and oxygen atoms in total. The van der Waals surface area contributed by atoms with Crippen molar-refractivity contribution in [2.24, 2.45) is 0 Å². The summed E-state index contributed by atoms with van der Waals surface area (Å²) in [4.78, 5) is 16.4. The van der Waals surface area contributed by atoms with Crippen molar-refractivity contribution >= 4 is 39.0 Å². The molecule has 3 aromatic heterocycles. The van der Waals surface area contributed by atoms with Crippen molar-refractivity contribution in [1.82, 2.24) is 15.0 Å². The van der Waals surface area contributed by atoms with E-state index in [2.05, 4.69) is 10.3 Å². The number of benzene rings is 1. The van der Waals surface area contributed by atoms with Gasteiger partial charge in [0.15, 0.2) is 5.82 Å². The summed E-state index contributed by atoms with van der Waals surface area (Å²) in [5.74, 6) is 1.59. The highest BCUT2D eigenvalue weighted by molar-refractivity contribution is 7.19. The molecular weight excluding hydrogens is 376 g/mol. The Kier molecular flexibility index (Phi) is 4.26. The maximum absolute atomic E-state index is 6.33. The van der Waals surface area contributed by atoms with E-state index in [4.69, 9.17) is 21.6 Å². The molecule has 3 heterocycles. The Bertz CT molecular complexity index is 1120. The zero-order chi connectivity index (χ0) is 18.2. The second-order valence-electron chi connectivity index (χ2n) is 6.62. The van der Waals surface area contributed by atoms with Crippen LogP contribution in [0.5, 0.6) is 0 Å². The number of hydrogen-bond donors (Lipinski definition) is 1. The molecule has 5 rings (SSSR count). The molecule has 0 spiro atoms. The zero-order valence-corrected chi connectivity index (χ0v) is 16.1. The maximum atomic E-state index is 6.33. The van der Waals surface area contributed by atoms with E-state index in [0.29, 0.717) is 12.4 Å². The molecule has 1 N–H and O–H groups in total. The molecule has 0 aliphatic heterocycles. The molecule has 0 bridgehead atoms. The average molecular weight is 393 g/mol. The first-order chi connectivity index (χ1) is 13.3. The molecule has 0 unspecified atom stereocenters. The monoisotopic (exact) mass is 392 g/mol. The highest BCUT2D eigenvalue weighted by Crippen LogP contribution is 2.40. The average Bonchev–Trinajstić information content (AvgIpc) is 3.28. The van der Waals surface area contributed by atoms with Gasteiger partial charge in [0.25, 0.3) is 0 Å². The molecule has 4 aromatic rings. The van der Waals surface area contributed by atoms with Gasteiger partial charge in [-0.1, -0.05) is 29.8 Å². The predicted octanol–water partition coefficient (Wildman–Crippen LogP) is 5.51. The van der Waals surface area contributed by atoms with E-state index in [-0.39, 0.29) is 0 Å². The molecule has 1 aromatic carbocycles. The topological polar surface area (TPSA) is 50.7 Å². The Morgan fingerprint density at radius 2 is 2.00 bits per heavy atom. The smallest absolute Gasteiger partial charge is 0.164 e. The van der Waals surface area contributed by atoms with Crippen LogP contribution in [-0.2, 0) is 19.4 Å². The molecule has 0 amide bonds. The van der Waals surface area contributed by atoms with Crippen molar-refractivity contribution in [1.29, 1.82) is 0 Å². The number of hydrogen-bond acceptors (Lipinski definition) is 5. The quantitative estimate of drug-likeness (QED) is 0.497. The minimum atomic E-state index is 0.628. The highest BCUT2D eigenvalue weighted by Gasteiger charge is 2.22. The molecule has 0 fully saturated rings. The van der Waals surface area contributed by atoms with Gasteiger partial charge in [-0.2, -0.15) is 0 Å². The van der Waals surface area contributed by atoms with Gasteiger partial charge in [0.2, 0.25) is 0 Å². The third kappa shape index (κ3) is 3.07. The maximum Gasteiger partial charge on any atom is 0.164 e. The van der Waals surface area contributed by atoms with Gasteiger partial charge in [0.1, 0.15) is 10.6 Å². The molecule has 1 aliphatic rings. The Morgan fingerprint density at radius 1 is 1.07 bits per heavy atom. The standard InChI is InChI=1S/C21H17ClN4S/c22-16-8-2-1-5-13(16)12-24-20-18-15-7-3-9-17(15)27-21(18)26-19(25-20)14-6-4-10-23-11-14/h1-2,4-6,8,10-11H,3,7,9,12H2,(H,24,25,26). The molecular formula is C21H17ClN4S. The Morgan fingerprint density at radius 3 is 2.85 bits per heavy atom. The lowest BCUT2D eigenvalue weighted by Crippen LogP contribution is -2.04. The van der Waals surface area contributed by atoms with Crippen LogP contribution < -0.4 is 5.32 Å². The van der Waals surface area contributed by atoms with Crippen molar-refractivity contribution in [3.8, 4) is 11.4 Å². The fourth-order valence-corrected chi connectivity index (χ4v) is 5.03. The van der Waals surface area contributed by atoms with Crippen LogP contribution in [0.15, 0.2) is 48.8 Å². The summed E-state index contributed by atoms with van der Waals surface area (Å²) in [5, 5.41) is 5.46. The minimum absolute atomic E-state index is 0.628. The van der Waals surface area contributed by atoms with Gasteiger partial charge in [-0.25, -0.2) is 9.97 Å². The summed E-state index contributed by atoms with van der Waals surface area (Å²) >= 11 is 8.13. The van der Waals surface area contributed by atoms with E-state index in [0.717, 1.165) is 39.6 Å². The number of thiophene rings is 1. The number of pyridine rings is 1. The van der Waals surface area contributed by atoms with E-state index < -0.39 is 0 Å². The van der Waals surface area contributed by atoms with Gasteiger partial charge >= 0.3 is 0 Å². The molecule has 0 atom stereocenters. The molecule has 1 aliphatic carbocycles. The van der Waals surface area contributed by atoms with Crippen molar-refractivity contribution in [3.63, 3.8) is 0 Å². The highest BCUT2D eigenvalue weighted by atomic mass is 35.5. The summed E-state index contributed by atoms with van der Waals surface area (Å²) in [6, 6.07) is 11.8. The Balaban J connectivity index is 1.61. The predicted molar refractivity (Wildman–Crippen MR) is 111 cm³/mol. The summed E-state index contributed by atoms with van der Waals surface area (Å²) in [5.41, 5.74) is 3.39. The third-order valence-corrected chi connectivity index (χ3v) is 6.44. The fourth-order valence-electron chi connectivity index (χ4n) is 3.57. The second-order valence-corrected chi connectivity index (χ2v) is 8.11. The van der Waals surface area contributed by atoms with Crippen molar-refractivity contribution in [2.75, 3.05) is 5.32 Å². The van der Waals surface area contributed by atoms with Crippen molar-refractivity contribution in [2.45, 2.75) is 25.8 Å². The molecule has 0 saturated heterocycles. The van der Waals surface area contributed by atoms with Gasteiger partial charge < -0.3 is 5.32 Å². The van der Waals surface area contributed by atoms with Gasteiger partial charge in [0, 0.05) is 34.4 Å². The van der Waals surface area contributed by atoms with Crippen molar-refractivity contribution in [3.05, 3.63) is 69.8 Å². The molecule has 6 heteroatoms. The number of rotatable bonds is 4. The van der Waals surface area contributed by atoms with Crippen LogP contribution in [-0.4, -0.2) is 15.0 Å². The summed E-state index contributed by atoms with van der Waals surface area (Å²) in [7, 11) is 0. The second kappa shape index (κ2) is 6.91. The van der Waals surface area contributed by atoms with Crippen LogP contribution >= 0.6 is 22.9 Å². The van der Waals surface area contributed by atoms with Crippen LogP contribution in [0.4, 0.5) is 5.82 Å². The lowest BCUT2D eigenvalue weighted by Gasteiger charge is -2.11. The number of aryl methyl sites for hydroxylation is 2. The van der Waals surface area contributed by atoms with Crippen LogP contribution in [0, 0.1) is 0 Å². The van der Waals surface area contributed by atoms with E-state index in [1.165, 1.54) is 22.2 Å². The Labute approximate surface area is 166 Å². The minimum Gasteiger partial charge on any atom is -0.365 e. The van der Waals surface area contributed by atoms with E-state index >= 15 is 0 Å². The van der Waals surface area contributed by atoms with E-state index in [1.54, 1.807) is 23.7 Å². The summed E-state index contributed by atoms with van der Waals surface area (Å²) < 4.78 is 0. The fraction of sp³-hybridized carbons (Fsp3) is 0.190. The van der Waals surface area contributed by atoms with Crippen molar-refractivity contribution < 1.29 is 0 Å². The molecule has 134 valence electrons. The number of halogens is 1. The SMILES string of the molecule is Clc1ccccc1CNc1nc(-c2cccnc2)nc2sc3c(c12)CCC3. The molecule has 0 radical (unpaired) electrons. The lowest BCUT2D eigenvalue weighted by molar-refractivity contribution is 0.917. The van der Waals surface area contributed by atoms with Crippen LogP contribution in [0.3, 0.4) is 0 Å². The number of anilines is 1. The Hall–Kier alpha value is -2.50. The van der Waals surface area contributed by atoms with E-state index in [1.807, 2.05) is 36.4 Å². The van der Waals surface area contributed by atoms with Gasteiger partial charge in [0.05, 0.1) is 5.39 Å². The number of fused-ring (bicyclic) bond motifs is 3. The molecule has 0 saturated carbocycles.